The van der Waals surface area contributed by atoms with Gasteiger partial charge in [-0.05, 0) is 54.1 Å². The number of benzene rings is 2. The fourth-order valence-electron chi connectivity index (χ4n) is 3.07. The SMILES string of the molecule is C=CCc1cc(/C=C2\SC(=O)N(CCOc3ccccc3OC)C2=O)cc(OC)c1O. The van der Waals surface area contributed by atoms with Crippen molar-refractivity contribution in [3.8, 4) is 23.0 Å². The molecule has 0 bridgehead atoms. The summed E-state index contributed by atoms with van der Waals surface area (Å²) in [4.78, 5) is 26.6. The largest absolute Gasteiger partial charge is 0.504 e. The zero-order valence-corrected chi connectivity index (χ0v) is 18.1. The zero-order valence-electron chi connectivity index (χ0n) is 17.3. The molecule has 0 unspecified atom stereocenters. The van der Waals surface area contributed by atoms with E-state index >= 15 is 0 Å². The number of carbonyl (C=O) groups excluding carboxylic acids is 2. The van der Waals surface area contributed by atoms with Crippen molar-refractivity contribution in [1.82, 2.24) is 4.90 Å². The number of ether oxygens (including phenoxy) is 3. The zero-order chi connectivity index (χ0) is 22.4. The summed E-state index contributed by atoms with van der Waals surface area (Å²) in [5.74, 6) is 1.04. The number of aromatic hydroxyl groups is 1. The Morgan fingerprint density at radius 3 is 2.48 bits per heavy atom. The van der Waals surface area contributed by atoms with Crippen molar-refractivity contribution < 1.29 is 28.9 Å². The molecule has 2 amide bonds. The van der Waals surface area contributed by atoms with E-state index in [2.05, 4.69) is 6.58 Å². The van der Waals surface area contributed by atoms with E-state index in [1.54, 1.807) is 43.5 Å². The highest BCUT2D eigenvalue weighted by molar-refractivity contribution is 8.18. The molecule has 0 aromatic heterocycles. The maximum atomic E-state index is 12.8. The van der Waals surface area contributed by atoms with Crippen molar-refractivity contribution in [1.29, 1.82) is 0 Å². The molecule has 0 atom stereocenters. The number of para-hydroxylation sites is 2. The van der Waals surface area contributed by atoms with Gasteiger partial charge in [-0.1, -0.05) is 18.2 Å². The molecular formula is C23H23NO6S. The Morgan fingerprint density at radius 2 is 1.81 bits per heavy atom. The highest BCUT2D eigenvalue weighted by Crippen LogP contribution is 2.36. The number of phenolic OH excluding ortho intramolecular Hbond substituents is 1. The van der Waals surface area contributed by atoms with Crippen LogP contribution in [-0.4, -0.2) is 48.5 Å². The van der Waals surface area contributed by atoms with Crippen LogP contribution in [-0.2, 0) is 11.2 Å². The molecule has 1 aliphatic rings. The Bertz CT molecular complexity index is 1030. The molecular weight excluding hydrogens is 418 g/mol. The van der Waals surface area contributed by atoms with Crippen molar-refractivity contribution in [2.45, 2.75) is 6.42 Å². The predicted molar refractivity (Wildman–Crippen MR) is 120 cm³/mol. The number of amides is 2. The van der Waals surface area contributed by atoms with E-state index in [-0.39, 0.29) is 29.9 Å². The highest BCUT2D eigenvalue weighted by atomic mass is 32.2. The molecule has 2 aromatic carbocycles. The number of allylic oxidation sites excluding steroid dienone is 1. The van der Waals surface area contributed by atoms with Gasteiger partial charge in [0, 0.05) is 5.56 Å². The van der Waals surface area contributed by atoms with Gasteiger partial charge in [-0.15, -0.1) is 6.58 Å². The van der Waals surface area contributed by atoms with Gasteiger partial charge in [0.2, 0.25) is 0 Å². The van der Waals surface area contributed by atoms with Crippen molar-refractivity contribution in [2.75, 3.05) is 27.4 Å². The lowest BCUT2D eigenvalue weighted by molar-refractivity contribution is -0.123. The summed E-state index contributed by atoms with van der Waals surface area (Å²) in [7, 11) is 2.99. The first-order chi connectivity index (χ1) is 15.0. The van der Waals surface area contributed by atoms with Crippen LogP contribution in [0, 0.1) is 0 Å². The van der Waals surface area contributed by atoms with Gasteiger partial charge < -0.3 is 19.3 Å². The van der Waals surface area contributed by atoms with Crippen molar-refractivity contribution in [2.24, 2.45) is 0 Å². The highest BCUT2D eigenvalue weighted by Gasteiger charge is 2.35. The Hall–Kier alpha value is -3.39. The Balaban J connectivity index is 1.73. The van der Waals surface area contributed by atoms with E-state index in [1.165, 1.54) is 7.11 Å². The molecule has 1 aliphatic heterocycles. The van der Waals surface area contributed by atoms with E-state index in [1.807, 2.05) is 12.1 Å². The topological polar surface area (TPSA) is 85.3 Å². The van der Waals surface area contributed by atoms with Crippen LogP contribution in [0.4, 0.5) is 4.79 Å². The smallest absolute Gasteiger partial charge is 0.293 e. The molecule has 2 aromatic rings. The van der Waals surface area contributed by atoms with Gasteiger partial charge in [0.15, 0.2) is 23.0 Å². The van der Waals surface area contributed by atoms with E-state index in [9.17, 15) is 14.7 Å². The fourth-order valence-corrected chi connectivity index (χ4v) is 3.93. The van der Waals surface area contributed by atoms with Crippen LogP contribution in [0.15, 0.2) is 54.0 Å². The second-order valence-electron chi connectivity index (χ2n) is 6.56. The molecule has 1 fully saturated rings. The molecule has 1 heterocycles. The van der Waals surface area contributed by atoms with Gasteiger partial charge in [-0.3, -0.25) is 14.5 Å². The summed E-state index contributed by atoms with van der Waals surface area (Å²) >= 11 is 0.862. The molecule has 7 nitrogen and oxygen atoms in total. The van der Waals surface area contributed by atoms with Crippen LogP contribution in [0.5, 0.6) is 23.0 Å². The van der Waals surface area contributed by atoms with Gasteiger partial charge in [-0.2, -0.15) is 0 Å². The lowest BCUT2D eigenvalue weighted by Gasteiger charge is -2.14. The lowest BCUT2D eigenvalue weighted by atomic mass is 10.1. The van der Waals surface area contributed by atoms with Gasteiger partial charge >= 0.3 is 0 Å². The van der Waals surface area contributed by atoms with Crippen LogP contribution in [0.2, 0.25) is 0 Å². The summed E-state index contributed by atoms with van der Waals surface area (Å²) in [6.07, 6.45) is 3.71. The van der Waals surface area contributed by atoms with Crippen LogP contribution in [0.3, 0.4) is 0 Å². The number of carbonyl (C=O) groups is 2. The summed E-state index contributed by atoms with van der Waals surface area (Å²) in [5, 5.41) is 9.86. The number of rotatable bonds is 9. The normalized spacial score (nSPS) is 14.8. The lowest BCUT2D eigenvalue weighted by Crippen LogP contribution is -2.32. The van der Waals surface area contributed by atoms with Gasteiger partial charge in [0.05, 0.1) is 25.7 Å². The second-order valence-corrected chi connectivity index (χ2v) is 7.55. The third-order valence-corrected chi connectivity index (χ3v) is 5.48. The van der Waals surface area contributed by atoms with Crippen LogP contribution in [0.1, 0.15) is 11.1 Å². The second kappa shape index (κ2) is 10.1. The first kappa shape index (κ1) is 22.3. The molecule has 162 valence electrons. The van der Waals surface area contributed by atoms with Crippen molar-refractivity contribution in [3.05, 3.63) is 65.1 Å². The van der Waals surface area contributed by atoms with E-state index in [4.69, 9.17) is 14.2 Å². The van der Waals surface area contributed by atoms with E-state index in [0.717, 1.165) is 16.7 Å². The van der Waals surface area contributed by atoms with E-state index in [0.29, 0.717) is 34.0 Å². The standard InChI is InChI=1S/C23H23NO6S/c1-4-7-16-12-15(13-19(29-3)21(16)25)14-20-22(26)24(23(27)31-20)10-11-30-18-9-6-5-8-17(18)28-2/h4-6,8-9,12-14,25H,1,7,10-11H2,2-3H3/b20-14-. The number of phenols is 1. The molecule has 8 heteroatoms. The first-order valence-electron chi connectivity index (χ1n) is 9.50. The molecule has 31 heavy (non-hydrogen) atoms. The van der Waals surface area contributed by atoms with Crippen molar-refractivity contribution >= 4 is 29.0 Å². The molecule has 1 N–H and O–H groups in total. The minimum absolute atomic E-state index is 0.0288. The minimum atomic E-state index is -0.393. The summed E-state index contributed by atoms with van der Waals surface area (Å²) in [5.41, 5.74) is 1.26. The first-order valence-corrected chi connectivity index (χ1v) is 10.3. The van der Waals surface area contributed by atoms with Crippen LogP contribution >= 0.6 is 11.8 Å². The molecule has 0 saturated carbocycles. The average molecular weight is 442 g/mol. The molecule has 0 radical (unpaired) electrons. The third kappa shape index (κ3) is 5.03. The quantitative estimate of drug-likeness (QED) is 0.460. The summed E-state index contributed by atoms with van der Waals surface area (Å²) < 4.78 is 16.1. The molecule has 3 rings (SSSR count). The number of nitrogens with zero attached hydrogens (tertiary/aromatic N) is 1. The summed E-state index contributed by atoms with van der Waals surface area (Å²) in [6.45, 7) is 3.93. The number of methoxy groups -OCH3 is 2. The maximum Gasteiger partial charge on any atom is 0.293 e. The Kier molecular flexibility index (Phi) is 7.25. The monoisotopic (exact) mass is 441 g/mol. The van der Waals surface area contributed by atoms with Crippen LogP contribution < -0.4 is 14.2 Å². The third-order valence-electron chi connectivity index (χ3n) is 4.57. The molecule has 0 spiro atoms. The number of imide groups is 1. The number of hydrogen-bond donors (Lipinski definition) is 1. The van der Waals surface area contributed by atoms with Crippen LogP contribution in [0.25, 0.3) is 6.08 Å². The van der Waals surface area contributed by atoms with Gasteiger partial charge in [0.1, 0.15) is 6.61 Å². The van der Waals surface area contributed by atoms with E-state index < -0.39 is 5.91 Å². The predicted octanol–water partition coefficient (Wildman–Crippen LogP) is 4.25. The number of hydrogen-bond acceptors (Lipinski definition) is 7. The Morgan fingerprint density at radius 1 is 1.10 bits per heavy atom. The van der Waals surface area contributed by atoms with Gasteiger partial charge in [-0.25, -0.2) is 0 Å². The summed E-state index contributed by atoms with van der Waals surface area (Å²) in [6, 6.07) is 10.5. The molecule has 0 aliphatic carbocycles. The number of thioether (sulfide) groups is 1. The Labute approximate surface area is 184 Å². The average Bonchev–Trinajstić information content (AvgIpc) is 3.03. The molecule has 1 saturated heterocycles. The van der Waals surface area contributed by atoms with Gasteiger partial charge in [0.25, 0.3) is 11.1 Å². The van der Waals surface area contributed by atoms with Crippen molar-refractivity contribution in [3.63, 3.8) is 0 Å². The maximum absolute atomic E-state index is 12.8. The minimum Gasteiger partial charge on any atom is -0.504 e. The fraction of sp³-hybridized carbons (Fsp3) is 0.217.